The van der Waals surface area contributed by atoms with Gasteiger partial charge in [-0.3, -0.25) is 14.9 Å². The molecule has 0 bridgehead atoms. The lowest BCUT2D eigenvalue weighted by Crippen LogP contribution is -2.01. The number of hydrogen-bond donors (Lipinski definition) is 0. The largest absolute Gasteiger partial charge is 0.486 e. The van der Waals surface area contributed by atoms with E-state index in [2.05, 4.69) is 4.98 Å². The summed E-state index contributed by atoms with van der Waals surface area (Å²) >= 11 is 0. The van der Waals surface area contributed by atoms with E-state index >= 15 is 0 Å². The summed E-state index contributed by atoms with van der Waals surface area (Å²) < 4.78 is 11.2. The number of aryl methyl sites for hydroxylation is 1. The average molecular weight is 338 g/mol. The summed E-state index contributed by atoms with van der Waals surface area (Å²) in [6.45, 7) is 1.86. The molecule has 1 aromatic heterocycles. The van der Waals surface area contributed by atoms with Crippen LogP contribution >= 0.6 is 0 Å². The third-order valence-electron chi connectivity index (χ3n) is 3.61. The first kappa shape index (κ1) is 16.4. The molecule has 0 amide bonds. The van der Waals surface area contributed by atoms with Gasteiger partial charge in [0.1, 0.15) is 23.8 Å². The fourth-order valence-electron chi connectivity index (χ4n) is 2.29. The first-order valence-electron chi connectivity index (χ1n) is 7.46. The summed E-state index contributed by atoms with van der Waals surface area (Å²) in [6.07, 6.45) is 0.521. The standard InChI is InChI=1S/C18H14N2O5/c1-12-16(19-18(25-12)13-5-3-2-4-6-13)11-24-17-8-7-15(20(22)23)9-14(17)10-21/h2-10H,11H2,1H3. The summed E-state index contributed by atoms with van der Waals surface area (Å²) in [5.74, 6) is 1.34. The molecule has 0 N–H and O–H groups in total. The molecule has 0 atom stereocenters. The number of nitro benzene ring substituents is 1. The van der Waals surface area contributed by atoms with E-state index in [-0.39, 0.29) is 23.6 Å². The Morgan fingerprint density at radius 2 is 2.00 bits per heavy atom. The highest BCUT2D eigenvalue weighted by atomic mass is 16.6. The zero-order valence-electron chi connectivity index (χ0n) is 13.3. The van der Waals surface area contributed by atoms with Crippen molar-refractivity contribution in [2.75, 3.05) is 0 Å². The number of nitrogens with zero attached hydrogens (tertiary/aromatic N) is 2. The molecule has 0 radical (unpaired) electrons. The molecule has 3 rings (SSSR count). The second-order valence-corrected chi connectivity index (χ2v) is 5.27. The Bertz CT molecular complexity index is 918. The van der Waals surface area contributed by atoms with E-state index in [1.54, 1.807) is 6.92 Å². The van der Waals surface area contributed by atoms with Crippen molar-refractivity contribution in [3.63, 3.8) is 0 Å². The first-order chi connectivity index (χ1) is 12.1. The highest BCUT2D eigenvalue weighted by Crippen LogP contribution is 2.25. The number of ether oxygens (including phenoxy) is 1. The average Bonchev–Trinajstić information content (AvgIpc) is 3.01. The molecule has 0 aliphatic carbocycles. The van der Waals surface area contributed by atoms with Crippen molar-refractivity contribution in [3.05, 3.63) is 75.7 Å². The van der Waals surface area contributed by atoms with E-state index in [0.29, 0.717) is 23.6 Å². The highest BCUT2D eigenvalue weighted by Gasteiger charge is 2.15. The van der Waals surface area contributed by atoms with Gasteiger partial charge in [-0.25, -0.2) is 4.98 Å². The summed E-state index contributed by atoms with van der Waals surface area (Å²) in [5, 5.41) is 10.8. The molecule has 0 saturated carbocycles. The zero-order chi connectivity index (χ0) is 17.8. The highest BCUT2D eigenvalue weighted by molar-refractivity contribution is 5.80. The second kappa shape index (κ2) is 6.96. The van der Waals surface area contributed by atoms with Gasteiger partial charge in [-0.2, -0.15) is 0 Å². The molecule has 25 heavy (non-hydrogen) atoms. The van der Waals surface area contributed by atoms with Gasteiger partial charge in [0, 0.05) is 17.7 Å². The van der Waals surface area contributed by atoms with E-state index in [1.165, 1.54) is 18.2 Å². The van der Waals surface area contributed by atoms with Gasteiger partial charge in [-0.05, 0) is 25.1 Å². The Morgan fingerprint density at radius 3 is 2.68 bits per heavy atom. The number of rotatable bonds is 6. The fourth-order valence-corrected chi connectivity index (χ4v) is 2.29. The summed E-state index contributed by atoms with van der Waals surface area (Å²) in [5.41, 5.74) is 1.38. The Balaban J connectivity index is 1.79. The van der Waals surface area contributed by atoms with Gasteiger partial charge in [-0.15, -0.1) is 0 Å². The number of carbonyl (C=O) groups is 1. The normalized spacial score (nSPS) is 10.4. The van der Waals surface area contributed by atoms with Crippen LogP contribution in [-0.2, 0) is 6.61 Å². The maximum atomic E-state index is 11.1. The minimum atomic E-state index is -0.565. The van der Waals surface area contributed by atoms with Crippen LogP contribution in [0.4, 0.5) is 5.69 Å². The van der Waals surface area contributed by atoms with Gasteiger partial charge in [0.05, 0.1) is 10.5 Å². The number of oxazole rings is 1. The molecule has 7 nitrogen and oxygen atoms in total. The number of non-ortho nitro benzene ring substituents is 1. The van der Waals surface area contributed by atoms with Crippen LogP contribution in [0.25, 0.3) is 11.5 Å². The predicted molar refractivity (Wildman–Crippen MR) is 89.5 cm³/mol. The maximum absolute atomic E-state index is 11.1. The van der Waals surface area contributed by atoms with E-state index < -0.39 is 4.92 Å². The summed E-state index contributed by atoms with van der Waals surface area (Å²) in [4.78, 5) is 25.7. The molecule has 2 aromatic carbocycles. The lowest BCUT2D eigenvalue weighted by atomic mass is 10.2. The monoisotopic (exact) mass is 338 g/mol. The number of aldehydes is 1. The van der Waals surface area contributed by atoms with Gasteiger partial charge in [0.25, 0.3) is 5.69 Å². The van der Waals surface area contributed by atoms with Crippen molar-refractivity contribution < 1.29 is 18.9 Å². The van der Waals surface area contributed by atoms with Crippen molar-refractivity contribution in [2.24, 2.45) is 0 Å². The predicted octanol–water partition coefficient (Wildman–Crippen LogP) is 3.95. The third kappa shape index (κ3) is 3.55. The van der Waals surface area contributed by atoms with Gasteiger partial charge in [0.15, 0.2) is 6.29 Å². The van der Waals surface area contributed by atoms with Gasteiger partial charge < -0.3 is 9.15 Å². The minimum absolute atomic E-state index is 0.0841. The Morgan fingerprint density at radius 1 is 1.24 bits per heavy atom. The van der Waals surface area contributed by atoms with E-state index in [9.17, 15) is 14.9 Å². The van der Waals surface area contributed by atoms with Gasteiger partial charge in [0.2, 0.25) is 5.89 Å². The smallest absolute Gasteiger partial charge is 0.270 e. The Labute approximate surface area is 143 Å². The molecule has 0 fully saturated rings. The van der Waals surface area contributed by atoms with E-state index in [0.717, 1.165) is 5.56 Å². The first-order valence-corrected chi connectivity index (χ1v) is 7.46. The SMILES string of the molecule is Cc1oc(-c2ccccc2)nc1COc1ccc([N+](=O)[O-])cc1C=O. The van der Waals surface area contributed by atoms with Gasteiger partial charge in [-0.1, -0.05) is 18.2 Å². The Hall–Kier alpha value is -3.48. The van der Waals surface area contributed by atoms with Crippen molar-refractivity contribution in [1.29, 1.82) is 0 Å². The topological polar surface area (TPSA) is 95.5 Å². The van der Waals surface area contributed by atoms with Crippen LogP contribution in [0.1, 0.15) is 21.8 Å². The fraction of sp³-hybridized carbons (Fsp3) is 0.111. The molecular weight excluding hydrogens is 324 g/mol. The van der Waals surface area contributed by atoms with Crippen LogP contribution in [0.2, 0.25) is 0 Å². The van der Waals surface area contributed by atoms with E-state index in [1.807, 2.05) is 30.3 Å². The number of benzene rings is 2. The summed E-state index contributed by atoms with van der Waals surface area (Å²) in [6, 6.07) is 13.3. The molecule has 0 aliphatic heterocycles. The molecule has 1 heterocycles. The van der Waals surface area contributed by atoms with Crippen LogP contribution in [0, 0.1) is 17.0 Å². The minimum Gasteiger partial charge on any atom is -0.486 e. The molecule has 0 spiro atoms. The van der Waals surface area contributed by atoms with Crippen molar-refractivity contribution in [1.82, 2.24) is 4.98 Å². The van der Waals surface area contributed by atoms with E-state index in [4.69, 9.17) is 9.15 Å². The molecule has 0 aliphatic rings. The van der Waals surface area contributed by atoms with Crippen LogP contribution in [0.3, 0.4) is 0 Å². The van der Waals surface area contributed by atoms with Crippen molar-refractivity contribution in [3.8, 4) is 17.2 Å². The third-order valence-corrected chi connectivity index (χ3v) is 3.61. The molecular formula is C18H14N2O5. The molecule has 7 heteroatoms. The van der Waals surface area contributed by atoms with Crippen molar-refractivity contribution in [2.45, 2.75) is 13.5 Å². The molecule has 126 valence electrons. The van der Waals surface area contributed by atoms with Crippen molar-refractivity contribution >= 4 is 12.0 Å². The quantitative estimate of drug-likeness (QED) is 0.383. The maximum Gasteiger partial charge on any atom is 0.270 e. The van der Waals surface area contributed by atoms with Crippen LogP contribution in [-0.4, -0.2) is 16.2 Å². The van der Waals surface area contributed by atoms with Gasteiger partial charge >= 0.3 is 0 Å². The van der Waals surface area contributed by atoms with Crippen LogP contribution in [0.15, 0.2) is 52.9 Å². The number of aromatic nitrogens is 1. The lowest BCUT2D eigenvalue weighted by Gasteiger charge is -2.06. The second-order valence-electron chi connectivity index (χ2n) is 5.27. The number of carbonyl (C=O) groups excluding carboxylic acids is 1. The summed E-state index contributed by atoms with van der Waals surface area (Å²) in [7, 11) is 0. The lowest BCUT2D eigenvalue weighted by molar-refractivity contribution is -0.384. The molecule has 0 saturated heterocycles. The zero-order valence-corrected chi connectivity index (χ0v) is 13.3. The number of nitro groups is 1. The number of hydrogen-bond acceptors (Lipinski definition) is 6. The Kier molecular flexibility index (Phi) is 4.56. The molecule has 3 aromatic rings. The molecule has 0 unspecified atom stereocenters. The van der Waals surface area contributed by atoms with Crippen LogP contribution < -0.4 is 4.74 Å². The van der Waals surface area contributed by atoms with Crippen LogP contribution in [0.5, 0.6) is 5.75 Å².